The summed E-state index contributed by atoms with van der Waals surface area (Å²) in [6, 6.07) is 0. The zero-order chi connectivity index (χ0) is 18.6. The topological polar surface area (TPSA) is 33.0 Å². The molecule has 0 aromatic carbocycles. The van der Waals surface area contributed by atoms with Crippen molar-refractivity contribution in [2.45, 2.75) is 101 Å². The van der Waals surface area contributed by atoms with Crippen LogP contribution >= 0.6 is 11.8 Å². The molecule has 0 spiro atoms. The Labute approximate surface area is 161 Å². The molecule has 3 saturated carbocycles. The first-order chi connectivity index (χ1) is 12.5. The Balaban J connectivity index is 1.42. The van der Waals surface area contributed by atoms with Gasteiger partial charge in [-0.25, -0.2) is 0 Å². The summed E-state index contributed by atoms with van der Waals surface area (Å²) in [5.41, 5.74) is 0. The van der Waals surface area contributed by atoms with Gasteiger partial charge in [0.1, 0.15) is 5.40 Å². The van der Waals surface area contributed by atoms with Crippen LogP contribution in [0.15, 0.2) is 0 Å². The average Bonchev–Trinajstić information content (AvgIpc) is 2.64. The van der Waals surface area contributed by atoms with Gasteiger partial charge in [0.25, 0.3) is 0 Å². The van der Waals surface area contributed by atoms with Crippen molar-refractivity contribution in [1.82, 2.24) is 0 Å². The highest BCUT2D eigenvalue weighted by Gasteiger charge is 2.45. The number of thiocyanates is 1. The van der Waals surface area contributed by atoms with Crippen LogP contribution in [0.5, 0.6) is 0 Å². The van der Waals surface area contributed by atoms with Gasteiger partial charge in [0.2, 0.25) is 0 Å². The minimum atomic E-state index is -2.98. The summed E-state index contributed by atoms with van der Waals surface area (Å²) in [6.07, 6.45) is 7.99. The third-order valence-electron chi connectivity index (χ3n) is 7.14. The van der Waals surface area contributed by atoms with E-state index in [1.165, 1.54) is 37.4 Å². The van der Waals surface area contributed by atoms with Crippen molar-refractivity contribution in [3.8, 4) is 5.40 Å². The van der Waals surface area contributed by atoms with E-state index in [1.54, 1.807) is 0 Å². The fourth-order valence-electron chi connectivity index (χ4n) is 5.34. The number of hydrogen-bond donors (Lipinski definition) is 0. The van der Waals surface area contributed by atoms with Crippen LogP contribution in [0.2, 0.25) is 0 Å². The van der Waals surface area contributed by atoms with Crippen molar-refractivity contribution in [1.29, 1.82) is 5.26 Å². The normalized spacial score (nSPS) is 39.3. The van der Waals surface area contributed by atoms with Gasteiger partial charge in [-0.15, -0.1) is 0 Å². The van der Waals surface area contributed by atoms with Crippen LogP contribution in [0.4, 0.5) is 8.78 Å². The SMILES string of the molecule is CC1CCC(C2CCC(C(F)(F)OC3CCC(SC#N)CC3)CC2)CC1. The molecule has 148 valence electrons. The molecule has 0 unspecified atom stereocenters. The van der Waals surface area contributed by atoms with Crippen LogP contribution in [0.1, 0.15) is 84.0 Å². The lowest BCUT2D eigenvalue weighted by Gasteiger charge is -2.40. The molecule has 3 aliphatic carbocycles. The van der Waals surface area contributed by atoms with Gasteiger partial charge in [-0.1, -0.05) is 19.8 Å². The van der Waals surface area contributed by atoms with Gasteiger partial charge < -0.3 is 4.74 Å². The van der Waals surface area contributed by atoms with Crippen molar-refractivity contribution in [3.63, 3.8) is 0 Å². The zero-order valence-corrected chi connectivity index (χ0v) is 16.8. The molecule has 0 bridgehead atoms. The fourth-order valence-corrected chi connectivity index (χ4v) is 6.00. The molecule has 5 heteroatoms. The third-order valence-corrected chi connectivity index (χ3v) is 8.05. The van der Waals surface area contributed by atoms with E-state index in [2.05, 4.69) is 12.3 Å². The first kappa shape index (κ1) is 20.4. The van der Waals surface area contributed by atoms with Crippen molar-refractivity contribution in [2.24, 2.45) is 23.7 Å². The van der Waals surface area contributed by atoms with E-state index >= 15 is 0 Å². The maximum atomic E-state index is 14.7. The predicted octanol–water partition coefficient (Wildman–Crippen LogP) is 6.75. The molecule has 0 heterocycles. The van der Waals surface area contributed by atoms with Gasteiger partial charge in [0.05, 0.1) is 12.0 Å². The van der Waals surface area contributed by atoms with Gasteiger partial charge in [0, 0.05) is 5.25 Å². The summed E-state index contributed by atoms with van der Waals surface area (Å²) in [4.78, 5) is 0. The van der Waals surface area contributed by atoms with E-state index in [4.69, 9.17) is 10.00 Å². The summed E-state index contributed by atoms with van der Waals surface area (Å²) in [5, 5.41) is 11.1. The molecular formula is C21H33F2NOS. The molecule has 0 atom stereocenters. The number of thioether (sulfide) groups is 1. The number of hydrogen-bond acceptors (Lipinski definition) is 3. The second kappa shape index (κ2) is 9.24. The Bertz CT molecular complexity index is 471. The second-order valence-electron chi connectivity index (χ2n) is 8.92. The van der Waals surface area contributed by atoms with Crippen molar-refractivity contribution in [3.05, 3.63) is 0 Å². The Morgan fingerprint density at radius 3 is 1.92 bits per heavy atom. The minimum Gasteiger partial charge on any atom is -0.317 e. The molecule has 0 N–H and O–H groups in total. The lowest BCUT2D eigenvalue weighted by molar-refractivity contribution is -0.301. The largest absolute Gasteiger partial charge is 0.358 e. The molecule has 0 radical (unpaired) electrons. The Hall–Kier alpha value is -0.340. The maximum Gasteiger partial charge on any atom is 0.358 e. The van der Waals surface area contributed by atoms with E-state index in [-0.39, 0.29) is 6.10 Å². The fraction of sp³-hybridized carbons (Fsp3) is 0.952. The quantitative estimate of drug-likeness (QED) is 0.490. The number of halogens is 2. The van der Waals surface area contributed by atoms with E-state index in [9.17, 15) is 8.78 Å². The highest BCUT2D eigenvalue weighted by molar-refractivity contribution is 8.04. The first-order valence-electron chi connectivity index (χ1n) is 10.6. The van der Waals surface area contributed by atoms with E-state index in [0.29, 0.717) is 36.9 Å². The molecule has 0 aromatic heterocycles. The highest BCUT2D eigenvalue weighted by Crippen LogP contribution is 2.46. The van der Waals surface area contributed by atoms with Gasteiger partial charge in [-0.05, 0) is 93.7 Å². The Kier molecular flexibility index (Phi) is 7.25. The minimum absolute atomic E-state index is 0.294. The van der Waals surface area contributed by atoms with Crippen LogP contribution in [0, 0.1) is 34.3 Å². The zero-order valence-electron chi connectivity index (χ0n) is 16.0. The number of nitrogens with zero attached hydrogens (tertiary/aromatic N) is 1. The summed E-state index contributed by atoms with van der Waals surface area (Å²) in [7, 11) is 0. The van der Waals surface area contributed by atoms with Gasteiger partial charge in [-0.2, -0.15) is 14.0 Å². The Morgan fingerprint density at radius 1 is 0.846 bits per heavy atom. The standard InChI is InChI=1S/C21H33F2NOS/c1-15-2-4-16(5-3-15)17-6-8-18(9-7-17)21(22,23)25-19-10-12-20(13-11-19)26-14-24/h15-20H,2-13H2,1H3. The van der Waals surface area contributed by atoms with Crippen LogP contribution in [0.25, 0.3) is 0 Å². The molecule has 0 saturated heterocycles. The van der Waals surface area contributed by atoms with E-state index < -0.39 is 12.0 Å². The van der Waals surface area contributed by atoms with Crippen molar-refractivity contribution in [2.75, 3.05) is 0 Å². The number of ether oxygens (including phenoxy) is 1. The van der Waals surface area contributed by atoms with Crippen LogP contribution in [-0.4, -0.2) is 17.5 Å². The van der Waals surface area contributed by atoms with Crippen LogP contribution < -0.4 is 0 Å². The number of rotatable bonds is 5. The number of alkyl halides is 2. The highest BCUT2D eigenvalue weighted by atomic mass is 32.2. The smallest absolute Gasteiger partial charge is 0.317 e. The van der Waals surface area contributed by atoms with E-state index in [0.717, 1.165) is 37.5 Å². The average molecular weight is 386 g/mol. The lowest BCUT2D eigenvalue weighted by Crippen LogP contribution is -2.40. The van der Waals surface area contributed by atoms with Crippen molar-refractivity contribution < 1.29 is 13.5 Å². The predicted molar refractivity (Wildman–Crippen MR) is 102 cm³/mol. The van der Waals surface area contributed by atoms with Gasteiger partial charge >= 0.3 is 6.11 Å². The Morgan fingerprint density at radius 2 is 1.38 bits per heavy atom. The summed E-state index contributed by atoms with van der Waals surface area (Å²) >= 11 is 1.28. The molecule has 0 amide bonds. The monoisotopic (exact) mass is 385 g/mol. The van der Waals surface area contributed by atoms with Crippen LogP contribution in [-0.2, 0) is 4.74 Å². The maximum absolute atomic E-state index is 14.7. The first-order valence-corrected chi connectivity index (χ1v) is 11.5. The molecule has 3 rings (SSSR count). The molecule has 3 fully saturated rings. The molecule has 26 heavy (non-hydrogen) atoms. The number of nitriles is 1. The molecule has 0 aliphatic heterocycles. The van der Waals surface area contributed by atoms with Gasteiger partial charge in [-0.3, -0.25) is 0 Å². The third kappa shape index (κ3) is 5.35. The second-order valence-corrected chi connectivity index (χ2v) is 10.0. The molecular weight excluding hydrogens is 352 g/mol. The van der Waals surface area contributed by atoms with E-state index in [1.807, 2.05) is 0 Å². The molecule has 0 aromatic rings. The molecule has 3 aliphatic rings. The molecule has 2 nitrogen and oxygen atoms in total. The summed E-state index contributed by atoms with van der Waals surface area (Å²) < 4.78 is 34.7. The summed E-state index contributed by atoms with van der Waals surface area (Å²) in [6.45, 7) is 2.33. The van der Waals surface area contributed by atoms with Crippen LogP contribution in [0.3, 0.4) is 0 Å². The van der Waals surface area contributed by atoms with Gasteiger partial charge in [0.15, 0.2) is 0 Å². The van der Waals surface area contributed by atoms with Crippen molar-refractivity contribution >= 4 is 11.8 Å². The lowest BCUT2D eigenvalue weighted by atomic mass is 9.69. The summed E-state index contributed by atoms with van der Waals surface area (Å²) in [5.74, 6) is 1.68.